The van der Waals surface area contributed by atoms with Gasteiger partial charge in [-0.05, 0) is 12.1 Å². The van der Waals surface area contributed by atoms with Gasteiger partial charge in [-0.15, -0.1) is 0 Å². The summed E-state index contributed by atoms with van der Waals surface area (Å²) in [6.07, 6.45) is 1.65. The molecular weight excluding hydrogens is 160 g/mol. The first kappa shape index (κ1) is 8.10. The Hall–Kier alpha value is -1.00. The van der Waals surface area contributed by atoms with Crippen LogP contribution in [0.2, 0.25) is 0 Å². The quantitative estimate of drug-likeness (QED) is 0.492. The molecule has 0 saturated heterocycles. The van der Waals surface area contributed by atoms with Gasteiger partial charge < -0.3 is 10.4 Å². The van der Waals surface area contributed by atoms with Gasteiger partial charge in [-0.2, -0.15) is 0 Å². The van der Waals surface area contributed by atoms with Crippen molar-refractivity contribution in [3.63, 3.8) is 0 Å². The van der Waals surface area contributed by atoms with Gasteiger partial charge in [-0.3, -0.25) is 4.98 Å². The summed E-state index contributed by atoms with van der Waals surface area (Å²) in [6, 6.07) is 5.43. The second-order valence-electron chi connectivity index (χ2n) is 1.88. The molecule has 0 atom stereocenters. The Kier molecular flexibility index (Phi) is 2.95. The maximum Gasteiger partial charge on any atom is 0.127 e. The lowest BCUT2D eigenvalue weighted by molar-refractivity contribution is 0.287. The van der Waals surface area contributed by atoms with Gasteiger partial charge in [-0.1, -0.05) is 18.3 Å². The summed E-state index contributed by atoms with van der Waals surface area (Å²) in [7, 11) is 0. The summed E-state index contributed by atoms with van der Waals surface area (Å²) in [5, 5.41) is 11.1. The summed E-state index contributed by atoms with van der Waals surface area (Å²) in [5.74, 6) is 0. The number of aliphatic hydroxyl groups excluding tert-OH is 1. The van der Waals surface area contributed by atoms with Gasteiger partial charge in [0.05, 0.1) is 5.69 Å². The number of aromatic nitrogens is 1. The minimum absolute atomic E-state index is 0.157. The molecule has 1 aromatic heterocycles. The van der Waals surface area contributed by atoms with Crippen molar-refractivity contribution >= 4 is 17.2 Å². The lowest BCUT2D eigenvalue weighted by atomic mass is 10.3. The van der Waals surface area contributed by atoms with Crippen molar-refractivity contribution in [3.8, 4) is 0 Å². The smallest absolute Gasteiger partial charge is 0.127 e. The molecule has 0 aromatic carbocycles. The maximum absolute atomic E-state index is 8.47. The molecule has 4 heteroatoms. The van der Waals surface area contributed by atoms with Gasteiger partial charge in [0.1, 0.15) is 11.7 Å². The zero-order valence-corrected chi connectivity index (χ0v) is 6.64. The third-order valence-electron chi connectivity index (χ3n) is 1.14. The van der Waals surface area contributed by atoms with Crippen LogP contribution in [0.4, 0.5) is 0 Å². The number of hydrogen-bond acceptors (Lipinski definition) is 3. The van der Waals surface area contributed by atoms with E-state index in [0.717, 1.165) is 0 Å². The first-order chi connectivity index (χ1) is 5.34. The highest BCUT2D eigenvalue weighted by Gasteiger charge is 1.97. The van der Waals surface area contributed by atoms with E-state index in [1.165, 1.54) is 0 Å². The largest absolute Gasteiger partial charge is 0.377 e. The van der Waals surface area contributed by atoms with Gasteiger partial charge in [0, 0.05) is 6.20 Å². The topological polar surface area (TPSA) is 45.1 Å². The van der Waals surface area contributed by atoms with Gasteiger partial charge in [0.2, 0.25) is 0 Å². The van der Waals surface area contributed by atoms with Crippen LogP contribution in [0.15, 0.2) is 24.4 Å². The third kappa shape index (κ3) is 2.25. The van der Waals surface area contributed by atoms with Crippen molar-refractivity contribution in [2.75, 3.05) is 6.73 Å². The van der Waals surface area contributed by atoms with Gasteiger partial charge in [0.15, 0.2) is 0 Å². The highest BCUT2D eigenvalue weighted by Crippen LogP contribution is 1.93. The SMILES string of the molecule is OCNC(=S)c1ccccn1. The zero-order chi connectivity index (χ0) is 8.10. The standard InChI is InChI=1S/C7H8N2OS/c10-5-9-7(11)6-3-1-2-4-8-6/h1-4,10H,5H2,(H,9,11). The monoisotopic (exact) mass is 168 g/mol. The molecule has 0 amide bonds. The van der Waals surface area contributed by atoms with Crippen LogP contribution in [0.1, 0.15) is 5.69 Å². The second kappa shape index (κ2) is 4.00. The van der Waals surface area contributed by atoms with Crippen LogP contribution >= 0.6 is 12.2 Å². The Labute approximate surface area is 70.1 Å². The van der Waals surface area contributed by atoms with Gasteiger partial charge in [0.25, 0.3) is 0 Å². The van der Waals surface area contributed by atoms with Crippen LogP contribution in [0.3, 0.4) is 0 Å². The van der Waals surface area contributed by atoms with Crippen molar-refractivity contribution in [3.05, 3.63) is 30.1 Å². The fourth-order valence-electron chi connectivity index (χ4n) is 0.659. The molecule has 0 radical (unpaired) electrons. The Morgan fingerprint density at radius 3 is 3.00 bits per heavy atom. The molecule has 2 N–H and O–H groups in total. The average molecular weight is 168 g/mol. The molecular formula is C7H8N2OS. The van der Waals surface area contributed by atoms with Crippen molar-refractivity contribution in [1.29, 1.82) is 0 Å². The zero-order valence-electron chi connectivity index (χ0n) is 5.82. The highest BCUT2D eigenvalue weighted by molar-refractivity contribution is 7.80. The lowest BCUT2D eigenvalue weighted by Gasteiger charge is -2.01. The van der Waals surface area contributed by atoms with E-state index in [2.05, 4.69) is 10.3 Å². The Bertz CT molecular complexity index is 237. The molecule has 0 bridgehead atoms. The normalized spacial score (nSPS) is 9.18. The fraction of sp³-hybridized carbons (Fsp3) is 0.143. The summed E-state index contributed by atoms with van der Waals surface area (Å²) in [4.78, 5) is 4.45. The van der Waals surface area contributed by atoms with Crippen molar-refractivity contribution in [1.82, 2.24) is 10.3 Å². The van der Waals surface area contributed by atoms with E-state index in [0.29, 0.717) is 10.7 Å². The third-order valence-corrected chi connectivity index (χ3v) is 1.49. The predicted molar refractivity (Wildman–Crippen MR) is 46.2 cm³/mol. The lowest BCUT2D eigenvalue weighted by Crippen LogP contribution is -2.23. The minimum Gasteiger partial charge on any atom is -0.377 e. The van der Waals surface area contributed by atoms with E-state index < -0.39 is 0 Å². The number of nitrogens with one attached hydrogen (secondary N) is 1. The molecule has 11 heavy (non-hydrogen) atoms. The fourth-order valence-corrected chi connectivity index (χ4v) is 0.845. The molecule has 1 heterocycles. The van der Waals surface area contributed by atoms with Crippen LogP contribution in [0.5, 0.6) is 0 Å². The molecule has 0 fully saturated rings. The van der Waals surface area contributed by atoms with Gasteiger partial charge >= 0.3 is 0 Å². The number of nitrogens with zero attached hydrogens (tertiary/aromatic N) is 1. The maximum atomic E-state index is 8.47. The van der Waals surface area contributed by atoms with E-state index in [1.54, 1.807) is 12.3 Å². The van der Waals surface area contributed by atoms with Crippen molar-refractivity contribution in [2.24, 2.45) is 0 Å². The average Bonchev–Trinajstić information content (AvgIpc) is 2.07. The molecule has 0 aliphatic carbocycles. The van der Waals surface area contributed by atoms with E-state index in [1.807, 2.05) is 12.1 Å². The van der Waals surface area contributed by atoms with Crippen molar-refractivity contribution in [2.45, 2.75) is 0 Å². The summed E-state index contributed by atoms with van der Waals surface area (Å²) >= 11 is 4.89. The van der Waals surface area contributed by atoms with Crippen LogP contribution in [0.25, 0.3) is 0 Å². The molecule has 0 spiro atoms. The summed E-state index contributed by atoms with van der Waals surface area (Å²) < 4.78 is 0. The number of aliphatic hydroxyl groups is 1. The summed E-state index contributed by atoms with van der Waals surface area (Å²) in [6.45, 7) is -0.157. The van der Waals surface area contributed by atoms with Crippen LogP contribution in [-0.2, 0) is 0 Å². The Morgan fingerprint density at radius 1 is 1.64 bits per heavy atom. The number of thiocarbonyl (C=S) groups is 1. The van der Waals surface area contributed by atoms with E-state index in [9.17, 15) is 0 Å². The number of pyridine rings is 1. The minimum atomic E-state index is -0.157. The van der Waals surface area contributed by atoms with E-state index >= 15 is 0 Å². The second-order valence-corrected chi connectivity index (χ2v) is 2.29. The molecule has 3 nitrogen and oxygen atoms in total. The van der Waals surface area contributed by atoms with Gasteiger partial charge in [-0.25, -0.2) is 0 Å². The number of rotatable bonds is 2. The van der Waals surface area contributed by atoms with E-state index in [-0.39, 0.29) is 6.73 Å². The van der Waals surface area contributed by atoms with E-state index in [4.69, 9.17) is 17.3 Å². The van der Waals surface area contributed by atoms with Crippen molar-refractivity contribution < 1.29 is 5.11 Å². The Balaban J connectivity index is 2.69. The first-order valence-corrected chi connectivity index (χ1v) is 3.55. The molecule has 58 valence electrons. The predicted octanol–water partition coefficient (Wildman–Crippen LogP) is 0.297. The molecule has 0 saturated carbocycles. The summed E-state index contributed by atoms with van der Waals surface area (Å²) in [5.41, 5.74) is 0.677. The number of hydrogen-bond donors (Lipinski definition) is 2. The highest BCUT2D eigenvalue weighted by atomic mass is 32.1. The molecule has 0 unspecified atom stereocenters. The van der Waals surface area contributed by atoms with Crippen LogP contribution < -0.4 is 5.32 Å². The van der Waals surface area contributed by atoms with Crippen LogP contribution in [0, 0.1) is 0 Å². The molecule has 0 aliphatic rings. The van der Waals surface area contributed by atoms with Crippen LogP contribution in [-0.4, -0.2) is 21.8 Å². The molecule has 1 aromatic rings. The molecule has 1 rings (SSSR count). The first-order valence-electron chi connectivity index (χ1n) is 3.14. The molecule has 0 aliphatic heterocycles. The Morgan fingerprint density at radius 2 is 2.45 bits per heavy atom.